The summed E-state index contributed by atoms with van der Waals surface area (Å²) < 4.78 is 2.32. The van der Waals surface area contributed by atoms with Crippen molar-refractivity contribution in [3.63, 3.8) is 0 Å². The van der Waals surface area contributed by atoms with Gasteiger partial charge < -0.3 is 10.3 Å². The predicted octanol–water partition coefficient (Wildman–Crippen LogP) is 2.36. The number of benzene rings is 1. The van der Waals surface area contributed by atoms with Crippen LogP contribution >= 0.6 is 0 Å². The lowest BCUT2D eigenvalue weighted by Gasteiger charge is -2.12. The molecule has 88 valence electrons. The molecule has 2 aromatic rings. The zero-order chi connectivity index (χ0) is 11.5. The molecule has 0 spiro atoms. The van der Waals surface area contributed by atoms with Crippen molar-refractivity contribution in [1.82, 2.24) is 9.55 Å². The minimum absolute atomic E-state index is 0.275. The summed E-state index contributed by atoms with van der Waals surface area (Å²) in [5.74, 6) is 0. The van der Waals surface area contributed by atoms with Crippen molar-refractivity contribution in [2.75, 3.05) is 6.54 Å². The Labute approximate surface area is 101 Å². The highest BCUT2D eigenvalue weighted by atomic mass is 15.1. The van der Waals surface area contributed by atoms with E-state index in [0.29, 0.717) is 6.04 Å². The van der Waals surface area contributed by atoms with Crippen LogP contribution in [-0.2, 0) is 5.41 Å². The molecule has 1 aromatic heterocycles. The maximum Gasteiger partial charge on any atom is 0.0960 e. The summed E-state index contributed by atoms with van der Waals surface area (Å²) in [6, 6.07) is 7.43. The van der Waals surface area contributed by atoms with E-state index >= 15 is 0 Å². The fraction of sp³-hybridized carbons (Fsp3) is 0.500. The first-order valence-electron chi connectivity index (χ1n) is 6.50. The van der Waals surface area contributed by atoms with Crippen LogP contribution in [0.15, 0.2) is 24.5 Å². The Morgan fingerprint density at radius 2 is 2.18 bits per heavy atom. The number of rotatable bonds is 3. The molecule has 0 radical (unpaired) electrons. The van der Waals surface area contributed by atoms with Crippen molar-refractivity contribution in [3.05, 3.63) is 30.1 Å². The topological polar surface area (TPSA) is 43.8 Å². The zero-order valence-corrected chi connectivity index (χ0v) is 9.89. The Morgan fingerprint density at radius 1 is 1.35 bits per heavy atom. The van der Waals surface area contributed by atoms with Gasteiger partial charge in [-0.1, -0.05) is 6.07 Å². The highest BCUT2D eigenvalue weighted by Crippen LogP contribution is 2.48. The maximum absolute atomic E-state index is 5.88. The second-order valence-corrected chi connectivity index (χ2v) is 5.57. The third kappa shape index (κ3) is 1.35. The maximum atomic E-state index is 5.88. The molecule has 2 saturated carbocycles. The number of aromatic nitrogens is 2. The lowest BCUT2D eigenvalue weighted by atomic mass is 9.96. The molecule has 2 aliphatic carbocycles. The quantitative estimate of drug-likeness (QED) is 0.874. The molecule has 0 aliphatic heterocycles. The SMILES string of the molecule is NCC1(c2ccc3c(c2)ncn3C2CC2)CC1. The first kappa shape index (κ1) is 9.66. The first-order valence-corrected chi connectivity index (χ1v) is 6.50. The largest absolute Gasteiger partial charge is 0.330 e. The van der Waals surface area contributed by atoms with Gasteiger partial charge in [0.05, 0.1) is 17.4 Å². The molecule has 2 N–H and O–H groups in total. The fourth-order valence-corrected chi connectivity index (χ4v) is 2.77. The van der Waals surface area contributed by atoms with Gasteiger partial charge in [0.1, 0.15) is 0 Å². The highest BCUT2D eigenvalue weighted by Gasteiger charge is 2.43. The molecule has 17 heavy (non-hydrogen) atoms. The van der Waals surface area contributed by atoms with Gasteiger partial charge in [-0.3, -0.25) is 0 Å². The molecule has 4 rings (SSSR count). The Kier molecular flexibility index (Phi) is 1.76. The Bertz CT molecular complexity index is 576. The molecule has 0 saturated heterocycles. The molecular weight excluding hydrogens is 210 g/mol. The smallest absolute Gasteiger partial charge is 0.0960 e. The molecule has 0 bridgehead atoms. The molecule has 3 nitrogen and oxygen atoms in total. The lowest BCUT2D eigenvalue weighted by molar-refractivity contribution is 0.705. The summed E-state index contributed by atoms with van der Waals surface area (Å²) in [5, 5.41) is 0. The number of nitrogens with zero attached hydrogens (tertiary/aromatic N) is 2. The molecule has 0 amide bonds. The van der Waals surface area contributed by atoms with Gasteiger partial charge >= 0.3 is 0 Å². The number of nitrogens with two attached hydrogens (primary N) is 1. The van der Waals surface area contributed by atoms with Crippen LogP contribution in [0.25, 0.3) is 11.0 Å². The summed E-state index contributed by atoms with van der Waals surface area (Å²) >= 11 is 0. The van der Waals surface area contributed by atoms with E-state index in [2.05, 4.69) is 27.8 Å². The van der Waals surface area contributed by atoms with Crippen LogP contribution in [0, 0.1) is 0 Å². The molecule has 0 atom stereocenters. The first-order chi connectivity index (χ1) is 8.32. The second-order valence-electron chi connectivity index (χ2n) is 5.57. The number of hydrogen-bond acceptors (Lipinski definition) is 2. The summed E-state index contributed by atoms with van der Waals surface area (Å²) in [6.45, 7) is 0.766. The molecule has 1 heterocycles. The van der Waals surface area contributed by atoms with Crippen LogP contribution in [0.2, 0.25) is 0 Å². The van der Waals surface area contributed by atoms with Gasteiger partial charge in [-0.25, -0.2) is 4.98 Å². The van der Waals surface area contributed by atoms with Crippen LogP contribution in [0.1, 0.15) is 37.3 Å². The number of imidazole rings is 1. The number of hydrogen-bond donors (Lipinski definition) is 1. The van der Waals surface area contributed by atoms with Gasteiger partial charge in [-0.2, -0.15) is 0 Å². The predicted molar refractivity (Wildman–Crippen MR) is 68.0 cm³/mol. The Morgan fingerprint density at radius 3 is 2.82 bits per heavy atom. The minimum atomic E-state index is 0.275. The summed E-state index contributed by atoms with van der Waals surface area (Å²) in [4.78, 5) is 4.54. The van der Waals surface area contributed by atoms with Crippen molar-refractivity contribution in [3.8, 4) is 0 Å². The van der Waals surface area contributed by atoms with E-state index in [1.165, 1.54) is 36.8 Å². The van der Waals surface area contributed by atoms with Gasteiger partial charge in [0, 0.05) is 18.0 Å². The van der Waals surface area contributed by atoms with E-state index in [1.807, 2.05) is 6.33 Å². The Hall–Kier alpha value is -1.35. The van der Waals surface area contributed by atoms with Gasteiger partial charge in [-0.05, 0) is 43.4 Å². The number of fused-ring (bicyclic) bond motifs is 1. The van der Waals surface area contributed by atoms with E-state index in [0.717, 1.165) is 12.1 Å². The van der Waals surface area contributed by atoms with Crippen LogP contribution in [0.4, 0.5) is 0 Å². The van der Waals surface area contributed by atoms with Crippen molar-refractivity contribution in [2.24, 2.45) is 5.73 Å². The van der Waals surface area contributed by atoms with Crippen LogP contribution in [-0.4, -0.2) is 16.1 Å². The van der Waals surface area contributed by atoms with Crippen LogP contribution < -0.4 is 5.73 Å². The van der Waals surface area contributed by atoms with Gasteiger partial charge in [-0.15, -0.1) is 0 Å². The van der Waals surface area contributed by atoms with E-state index in [4.69, 9.17) is 5.73 Å². The van der Waals surface area contributed by atoms with E-state index in [1.54, 1.807) is 0 Å². The van der Waals surface area contributed by atoms with Gasteiger partial charge in [0.25, 0.3) is 0 Å². The minimum Gasteiger partial charge on any atom is -0.330 e. The highest BCUT2D eigenvalue weighted by molar-refractivity contribution is 5.77. The monoisotopic (exact) mass is 227 g/mol. The van der Waals surface area contributed by atoms with Crippen molar-refractivity contribution in [1.29, 1.82) is 0 Å². The summed E-state index contributed by atoms with van der Waals surface area (Å²) in [5.41, 5.74) is 9.96. The third-order valence-electron chi connectivity index (χ3n) is 4.37. The molecule has 0 unspecified atom stereocenters. The van der Waals surface area contributed by atoms with E-state index in [9.17, 15) is 0 Å². The summed E-state index contributed by atoms with van der Waals surface area (Å²) in [6.07, 6.45) is 7.07. The average Bonchev–Trinajstić information content (AvgIpc) is 3.27. The lowest BCUT2D eigenvalue weighted by Crippen LogP contribution is -2.19. The standard InChI is InChI=1S/C14H17N3/c15-8-14(5-6-14)10-1-4-13-12(7-10)16-9-17(13)11-2-3-11/h1,4,7,9,11H,2-3,5-6,8,15H2. The Balaban J connectivity index is 1.82. The van der Waals surface area contributed by atoms with Gasteiger partial charge in [0.15, 0.2) is 0 Å². The van der Waals surface area contributed by atoms with Crippen molar-refractivity contribution < 1.29 is 0 Å². The third-order valence-corrected chi connectivity index (χ3v) is 4.37. The molecular formula is C14H17N3. The van der Waals surface area contributed by atoms with Crippen LogP contribution in [0.5, 0.6) is 0 Å². The molecule has 2 fully saturated rings. The van der Waals surface area contributed by atoms with Crippen LogP contribution in [0.3, 0.4) is 0 Å². The van der Waals surface area contributed by atoms with Crippen molar-refractivity contribution >= 4 is 11.0 Å². The zero-order valence-electron chi connectivity index (χ0n) is 9.89. The molecule has 3 heteroatoms. The fourth-order valence-electron chi connectivity index (χ4n) is 2.77. The van der Waals surface area contributed by atoms with E-state index in [-0.39, 0.29) is 5.41 Å². The second kappa shape index (κ2) is 3.10. The molecule has 1 aromatic carbocycles. The summed E-state index contributed by atoms with van der Waals surface area (Å²) in [7, 11) is 0. The van der Waals surface area contributed by atoms with E-state index < -0.39 is 0 Å². The molecule has 2 aliphatic rings. The normalized spacial score (nSPS) is 21.9. The average molecular weight is 227 g/mol. The van der Waals surface area contributed by atoms with Crippen molar-refractivity contribution in [2.45, 2.75) is 37.1 Å². The van der Waals surface area contributed by atoms with Gasteiger partial charge in [0.2, 0.25) is 0 Å².